The fourth-order valence-corrected chi connectivity index (χ4v) is 3.65. The van der Waals surface area contributed by atoms with Gasteiger partial charge in [-0.05, 0) is 31.2 Å². The van der Waals surface area contributed by atoms with Crippen LogP contribution in [0.15, 0.2) is 29.4 Å². The SMILES string of the molecule is Cc1cccc(/C=N/Nc2nc3c(c(N4CCOCC4)n2)CC(C)C3)c1. The number of aryl methyl sites for hydroxylation is 1. The standard InChI is InChI=1S/C20H25N5O/c1-14-4-3-5-16(10-14)13-21-24-20-22-18-12-15(2)11-17(18)19(23-20)25-6-8-26-9-7-25/h3-5,10,13,15H,6-9,11-12H2,1-2H3,(H,22,23,24)/b21-13+. The molecule has 136 valence electrons. The van der Waals surface area contributed by atoms with Crippen molar-refractivity contribution in [2.45, 2.75) is 26.7 Å². The molecule has 0 spiro atoms. The lowest BCUT2D eigenvalue weighted by Crippen LogP contribution is -2.37. The van der Waals surface area contributed by atoms with Crippen LogP contribution in [0.4, 0.5) is 11.8 Å². The zero-order valence-corrected chi connectivity index (χ0v) is 15.4. The smallest absolute Gasteiger partial charge is 0.245 e. The molecule has 0 saturated carbocycles. The van der Waals surface area contributed by atoms with E-state index in [0.717, 1.165) is 56.2 Å². The van der Waals surface area contributed by atoms with Gasteiger partial charge in [-0.1, -0.05) is 36.8 Å². The van der Waals surface area contributed by atoms with Gasteiger partial charge in [0.2, 0.25) is 5.95 Å². The predicted molar refractivity (Wildman–Crippen MR) is 104 cm³/mol. The number of nitrogens with one attached hydrogen (secondary N) is 1. The first-order chi connectivity index (χ1) is 12.7. The molecule has 6 nitrogen and oxygen atoms in total. The minimum atomic E-state index is 0.572. The molecule has 2 aromatic rings. The van der Waals surface area contributed by atoms with Gasteiger partial charge >= 0.3 is 0 Å². The van der Waals surface area contributed by atoms with Crippen molar-refractivity contribution in [2.24, 2.45) is 11.0 Å². The van der Waals surface area contributed by atoms with Gasteiger partial charge in [-0.25, -0.2) is 10.4 Å². The second kappa shape index (κ2) is 7.41. The summed E-state index contributed by atoms with van der Waals surface area (Å²) in [5.41, 5.74) is 7.75. The zero-order chi connectivity index (χ0) is 17.9. The number of anilines is 2. The summed E-state index contributed by atoms with van der Waals surface area (Å²) in [7, 11) is 0. The summed E-state index contributed by atoms with van der Waals surface area (Å²) in [6, 6.07) is 8.23. The third kappa shape index (κ3) is 3.70. The van der Waals surface area contributed by atoms with Crippen molar-refractivity contribution in [3.63, 3.8) is 0 Å². The number of morpholine rings is 1. The quantitative estimate of drug-likeness (QED) is 0.678. The molecule has 1 aliphatic carbocycles. The third-order valence-electron chi connectivity index (χ3n) is 4.90. The summed E-state index contributed by atoms with van der Waals surface area (Å²) < 4.78 is 5.49. The number of aromatic nitrogens is 2. The highest BCUT2D eigenvalue weighted by atomic mass is 16.5. The molecule has 6 heteroatoms. The third-order valence-corrected chi connectivity index (χ3v) is 4.90. The number of nitrogens with zero attached hydrogens (tertiary/aromatic N) is 4. The molecular formula is C20H25N5O. The molecule has 1 N–H and O–H groups in total. The maximum atomic E-state index is 5.49. The number of hydrogen-bond donors (Lipinski definition) is 1. The fraction of sp³-hybridized carbons (Fsp3) is 0.450. The van der Waals surface area contributed by atoms with Crippen molar-refractivity contribution in [1.29, 1.82) is 0 Å². The summed E-state index contributed by atoms with van der Waals surface area (Å²) >= 11 is 0. The Morgan fingerprint density at radius 3 is 2.88 bits per heavy atom. The molecule has 4 rings (SSSR count). The second-order valence-corrected chi connectivity index (χ2v) is 7.19. The molecular weight excluding hydrogens is 326 g/mol. The van der Waals surface area contributed by atoms with Crippen LogP contribution in [0.3, 0.4) is 0 Å². The van der Waals surface area contributed by atoms with E-state index in [1.165, 1.54) is 11.1 Å². The van der Waals surface area contributed by atoms with Gasteiger partial charge in [-0.2, -0.15) is 10.1 Å². The second-order valence-electron chi connectivity index (χ2n) is 7.19. The molecule has 1 atom stereocenters. The van der Waals surface area contributed by atoms with Gasteiger partial charge in [-0.15, -0.1) is 0 Å². The van der Waals surface area contributed by atoms with Gasteiger partial charge in [0.15, 0.2) is 0 Å². The van der Waals surface area contributed by atoms with E-state index in [4.69, 9.17) is 14.7 Å². The fourth-order valence-electron chi connectivity index (χ4n) is 3.65. The summed E-state index contributed by atoms with van der Waals surface area (Å²) in [4.78, 5) is 11.8. The van der Waals surface area contributed by atoms with E-state index in [2.05, 4.69) is 41.4 Å². The van der Waals surface area contributed by atoms with E-state index in [1.807, 2.05) is 12.1 Å². The first kappa shape index (κ1) is 17.0. The predicted octanol–water partition coefficient (Wildman–Crippen LogP) is 2.80. The van der Waals surface area contributed by atoms with E-state index >= 15 is 0 Å². The van der Waals surface area contributed by atoms with E-state index in [-0.39, 0.29) is 0 Å². The minimum absolute atomic E-state index is 0.572. The largest absolute Gasteiger partial charge is 0.378 e. The van der Waals surface area contributed by atoms with E-state index < -0.39 is 0 Å². The van der Waals surface area contributed by atoms with Crippen molar-refractivity contribution in [2.75, 3.05) is 36.6 Å². The Bertz CT molecular complexity index is 814. The number of hydrogen-bond acceptors (Lipinski definition) is 6. The summed E-state index contributed by atoms with van der Waals surface area (Å²) in [6.07, 6.45) is 3.86. The van der Waals surface area contributed by atoms with Crippen LogP contribution in [-0.2, 0) is 17.6 Å². The molecule has 26 heavy (non-hydrogen) atoms. The highest BCUT2D eigenvalue weighted by Gasteiger charge is 2.27. The molecule has 1 fully saturated rings. The Hall–Kier alpha value is -2.47. The Morgan fingerprint density at radius 1 is 1.23 bits per heavy atom. The molecule has 0 bridgehead atoms. The molecule has 1 saturated heterocycles. The van der Waals surface area contributed by atoms with Crippen LogP contribution >= 0.6 is 0 Å². The van der Waals surface area contributed by atoms with E-state index in [9.17, 15) is 0 Å². The molecule has 1 aliphatic heterocycles. The van der Waals surface area contributed by atoms with Crippen LogP contribution in [0.25, 0.3) is 0 Å². The average Bonchev–Trinajstić information content (AvgIpc) is 3.02. The van der Waals surface area contributed by atoms with Crippen molar-refractivity contribution < 1.29 is 4.74 Å². The molecule has 1 unspecified atom stereocenters. The first-order valence-corrected chi connectivity index (χ1v) is 9.27. The number of fused-ring (bicyclic) bond motifs is 1. The summed E-state index contributed by atoms with van der Waals surface area (Å²) in [5.74, 6) is 2.24. The van der Waals surface area contributed by atoms with Gasteiger partial charge in [0.05, 0.1) is 25.1 Å². The lowest BCUT2D eigenvalue weighted by molar-refractivity contribution is 0.122. The normalized spacial score (nSPS) is 19.8. The first-order valence-electron chi connectivity index (χ1n) is 9.27. The van der Waals surface area contributed by atoms with Crippen LogP contribution in [-0.4, -0.2) is 42.5 Å². The average molecular weight is 351 g/mol. The minimum Gasteiger partial charge on any atom is -0.378 e. The monoisotopic (exact) mass is 351 g/mol. The lowest BCUT2D eigenvalue weighted by Gasteiger charge is -2.29. The molecule has 0 radical (unpaired) electrons. The lowest BCUT2D eigenvalue weighted by atomic mass is 10.1. The Balaban J connectivity index is 1.57. The maximum Gasteiger partial charge on any atom is 0.245 e. The molecule has 1 aromatic carbocycles. The van der Waals surface area contributed by atoms with Crippen molar-refractivity contribution in [3.8, 4) is 0 Å². The van der Waals surface area contributed by atoms with Gasteiger partial charge < -0.3 is 9.64 Å². The molecule has 1 aromatic heterocycles. The highest BCUT2D eigenvalue weighted by Crippen LogP contribution is 2.33. The summed E-state index contributed by atoms with van der Waals surface area (Å²) in [6.45, 7) is 7.61. The number of benzene rings is 1. The maximum absolute atomic E-state index is 5.49. The van der Waals surface area contributed by atoms with Crippen molar-refractivity contribution >= 4 is 18.0 Å². The Kier molecular flexibility index (Phi) is 4.84. The van der Waals surface area contributed by atoms with Crippen LogP contribution in [0.5, 0.6) is 0 Å². The number of hydrazone groups is 1. The molecule has 0 amide bonds. The molecule has 2 aliphatic rings. The zero-order valence-electron chi connectivity index (χ0n) is 15.4. The van der Waals surface area contributed by atoms with Crippen molar-refractivity contribution in [1.82, 2.24) is 9.97 Å². The Morgan fingerprint density at radius 2 is 2.08 bits per heavy atom. The van der Waals surface area contributed by atoms with E-state index in [1.54, 1.807) is 6.21 Å². The number of rotatable bonds is 4. The van der Waals surface area contributed by atoms with Crippen LogP contribution in [0.2, 0.25) is 0 Å². The van der Waals surface area contributed by atoms with Crippen LogP contribution < -0.4 is 10.3 Å². The van der Waals surface area contributed by atoms with E-state index in [0.29, 0.717) is 11.9 Å². The van der Waals surface area contributed by atoms with Gasteiger partial charge in [0.25, 0.3) is 0 Å². The van der Waals surface area contributed by atoms with Gasteiger partial charge in [-0.3, -0.25) is 0 Å². The van der Waals surface area contributed by atoms with Crippen LogP contribution in [0, 0.1) is 12.8 Å². The number of ether oxygens (including phenoxy) is 1. The summed E-state index contributed by atoms with van der Waals surface area (Å²) in [5, 5.41) is 4.34. The Labute approximate surface area is 154 Å². The topological polar surface area (TPSA) is 62.6 Å². The van der Waals surface area contributed by atoms with Gasteiger partial charge in [0.1, 0.15) is 5.82 Å². The highest BCUT2D eigenvalue weighted by molar-refractivity contribution is 5.80. The molecule has 2 heterocycles. The van der Waals surface area contributed by atoms with Crippen molar-refractivity contribution in [3.05, 3.63) is 46.6 Å². The van der Waals surface area contributed by atoms with Gasteiger partial charge in [0, 0.05) is 18.7 Å². The van der Waals surface area contributed by atoms with Crippen LogP contribution in [0.1, 0.15) is 29.3 Å².